The fourth-order valence-corrected chi connectivity index (χ4v) is 4.92. The van der Waals surface area contributed by atoms with Crippen LogP contribution in [0.15, 0.2) is 66.7 Å². The second kappa shape index (κ2) is 8.91. The van der Waals surface area contributed by atoms with Crippen molar-refractivity contribution in [2.24, 2.45) is 5.92 Å². The quantitative estimate of drug-likeness (QED) is 0.283. The van der Waals surface area contributed by atoms with E-state index in [2.05, 4.69) is 77.8 Å². The van der Waals surface area contributed by atoms with Gasteiger partial charge in [-0.2, -0.15) is 5.10 Å². The van der Waals surface area contributed by atoms with Gasteiger partial charge in [0.15, 0.2) is 5.82 Å². The Morgan fingerprint density at radius 3 is 2.50 bits per heavy atom. The Kier molecular flexibility index (Phi) is 5.79. The monoisotopic (exact) mass is 455 g/mol. The molecular formula is C27H29N5O2. The van der Waals surface area contributed by atoms with Crippen LogP contribution in [0.2, 0.25) is 0 Å². The van der Waals surface area contributed by atoms with Gasteiger partial charge in [0, 0.05) is 36.3 Å². The Labute approximate surface area is 199 Å². The van der Waals surface area contributed by atoms with Crippen LogP contribution < -0.4 is 4.90 Å². The van der Waals surface area contributed by atoms with E-state index in [1.807, 2.05) is 12.1 Å². The summed E-state index contributed by atoms with van der Waals surface area (Å²) in [5.74, 6) is 1.52. The van der Waals surface area contributed by atoms with Gasteiger partial charge in [-0.15, -0.1) is 0 Å². The lowest BCUT2D eigenvalue weighted by Crippen LogP contribution is -2.42. The van der Waals surface area contributed by atoms with Crippen LogP contribution in [0.3, 0.4) is 0 Å². The first-order valence-corrected chi connectivity index (χ1v) is 11.7. The molecule has 0 fully saturated rings. The second-order valence-corrected chi connectivity index (χ2v) is 9.52. The maximum atomic E-state index is 11.2. The molecule has 5 rings (SSSR count). The third-order valence-electron chi connectivity index (χ3n) is 6.31. The van der Waals surface area contributed by atoms with E-state index in [9.17, 15) is 10.1 Å². The molecule has 2 heterocycles. The highest BCUT2D eigenvalue weighted by Gasteiger charge is 2.29. The molecule has 1 aromatic heterocycles. The maximum Gasteiger partial charge on any atom is 0.269 e. The molecule has 34 heavy (non-hydrogen) atoms. The van der Waals surface area contributed by atoms with Crippen molar-refractivity contribution in [3.8, 4) is 11.3 Å². The number of benzene rings is 3. The first-order valence-electron chi connectivity index (χ1n) is 11.7. The molecule has 1 aliphatic heterocycles. The van der Waals surface area contributed by atoms with Crippen molar-refractivity contribution in [1.82, 2.24) is 14.7 Å². The molecule has 7 heteroatoms. The van der Waals surface area contributed by atoms with Crippen molar-refractivity contribution in [3.63, 3.8) is 0 Å². The van der Waals surface area contributed by atoms with Crippen LogP contribution in [0.4, 0.5) is 11.5 Å². The zero-order chi connectivity index (χ0) is 23.8. The van der Waals surface area contributed by atoms with Crippen molar-refractivity contribution in [2.45, 2.75) is 26.9 Å². The predicted octanol–water partition coefficient (Wildman–Crippen LogP) is 5.53. The van der Waals surface area contributed by atoms with Gasteiger partial charge in [-0.25, -0.2) is 0 Å². The summed E-state index contributed by atoms with van der Waals surface area (Å²) >= 11 is 0. The van der Waals surface area contributed by atoms with Crippen molar-refractivity contribution in [3.05, 3.63) is 88.0 Å². The first-order chi connectivity index (χ1) is 16.4. The van der Waals surface area contributed by atoms with E-state index in [1.54, 1.807) is 12.1 Å². The van der Waals surface area contributed by atoms with Gasteiger partial charge in [0.05, 0.1) is 23.8 Å². The van der Waals surface area contributed by atoms with E-state index in [1.165, 1.54) is 21.9 Å². The second-order valence-electron chi connectivity index (χ2n) is 9.52. The van der Waals surface area contributed by atoms with E-state index in [4.69, 9.17) is 5.10 Å². The van der Waals surface area contributed by atoms with Crippen molar-refractivity contribution >= 4 is 22.3 Å². The minimum atomic E-state index is -0.356. The fraction of sp³-hybridized carbons (Fsp3) is 0.296. The fourth-order valence-electron chi connectivity index (χ4n) is 4.92. The molecular weight excluding hydrogens is 426 g/mol. The molecule has 0 saturated carbocycles. The number of hydrogen-bond acceptors (Lipinski definition) is 5. The lowest BCUT2D eigenvalue weighted by molar-refractivity contribution is -0.384. The topological polar surface area (TPSA) is 67.4 Å². The summed E-state index contributed by atoms with van der Waals surface area (Å²) in [6.07, 6.45) is 0. The zero-order valence-corrected chi connectivity index (χ0v) is 19.8. The number of nitrogens with zero attached hydrogens (tertiary/aromatic N) is 5. The van der Waals surface area contributed by atoms with Crippen molar-refractivity contribution in [2.75, 3.05) is 25.2 Å². The van der Waals surface area contributed by atoms with Crippen LogP contribution >= 0.6 is 0 Å². The number of nitro benzene ring substituents is 1. The lowest BCUT2D eigenvalue weighted by atomic mass is 10.0. The van der Waals surface area contributed by atoms with Gasteiger partial charge in [0.25, 0.3) is 5.69 Å². The average Bonchev–Trinajstić information content (AvgIpc) is 3.17. The van der Waals surface area contributed by atoms with Crippen LogP contribution in [0.5, 0.6) is 0 Å². The highest BCUT2D eigenvalue weighted by atomic mass is 16.6. The Morgan fingerprint density at radius 2 is 1.76 bits per heavy atom. The minimum absolute atomic E-state index is 0.0938. The molecule has 3 aromatic carbocycles. The molecule has 174 valence electrons. The number of non-ortho nitro benzene ring substituents is 1. The summed E-state index contributed by atoms with van der Waals surface area (Å²) in [7, 11) is 2.12. The van der Waals surface area contributed by atoms with Gasteiger partial charge < -0.3 is 4.90 Å². The molecule has 0 unspecified atom stereocenters. The summed E-state index contributed by atoms with van der Waals surface area (Å²) in [6.45, 7) is 7.60. The molecule has 4 aromatic rings. The van der Waals surface area contributed by atoms with Crippen LogP contribution in [-0.2, 0) is 13.1 Å². The van der Waals surface area contributed by atoms with Crippen LogP contribution in [0, 0.1) is 16.0 Å². The van der Waals surface area contributed by atoms with E-state index in [0.717, 1.165) is 36.8 Å². The third kappa shape index (κ3) is 4.15. The summed E-state index contributed by atoms with van der Waals surface area (Å²) in [5, 5.41) is 18.8. The summed E-state index contributed by atoms with van der Waals surface area (Å²) < 4.78 is 2.08. The number of aromatic nitrogens is 2. The van der Waals surface area contributed by atoms with Crippen LogP contribution in [0.25, 0.3) is 22.0 Å². The highest BCUT2D eigenvalue weighted by molar-refractivity contribution is 5.85. The normalized spacial score (nSPS) is 14.1. The molecule has 0 amide bonds. The van der Waals surface area contributed by atoms with Gasteiger partial charge in [-0.1, -0.05) is 56.3 Å². The molecule has 7 nitrogen and oxygen atoms in total. The smallest absolute Gasteiger partial charge is 0.269 e. The largest absolute Gasteiger partial charge is 0.342 e. The van der Waals surface area contributed by atoms with Gasteiger partial charge in [0.2, 0.25) is 0 Å². The third-order valence-corrected chi connectivity index (χ3v) is 6.31. The number of fused-ring (bicyclic) bond motifs is 2. The van der Waals surface area contributed by atoms with Crippen molar-refractivity contribution < 1.29 is 4.92 Å². The molecule has 0 aliphatic carbocycles. The summed E-state index contributed by atoms with van der Waals surface area (Å²) in [6, 6.07) is 21.6. The Bertz CT molecular complexity index is 1340. The molecule has 0 bridgehead atoms. The Hall–Kier alpha value is -3.71. The van der Waals surface area contributed by atoms with Gasteiger partial charge in [-0.05, 0) is 41.4 Å². The standard InChI is InChI=1S/C27H29N5O2/c1-19(2)15-30-18-29(3)17-25-26(21-11-13-23(14-12-21)32(33)34)31(28-27(25)30)16-22-9-6-8-20-7-4-5-10-24(20)22/h4-14,19H,15-18H2,1-3H3. The molecule has 0 atom stereocenters. The number of rotatable bonds is 6. The molecule has 0 N–H and O–H groups in total. The predicted molar refractivity (Wildman–Crippen MR) is 136 cm³/mol. The maximum absolute atomic E-state index is 11.2. The molecule has 1 aliphatic rings. The van der Waals surface area contributed by atoms with Crippen LogP contribution in [-0.4, -0.2) is 39.9 Å². The summed E-state index contributed by atoms with van der Waals surface area (Å²) in [4.78, 5) is 15.5. The summed E-state index contributed by atoms with van der Waals surface area (Å²) in [5.41, 5.74) is 4.43. The Balaban J connectivity index is 1.66. The lowest BCUT2D eigenvalue weighted by Gasteiger charge is -2.34. The van der Waals surface area contributed by atoms with Crippen LogP contribution in [0.1, 0.15) is 25.0 Å². The van der Waals surface area contributed by atoms with Crippen molar-refractivity contribution in [1.29, 1.82) is 0 Å². The van der Waals surface area contributed by atoms with Gasteiger partial charge in [-0.3, -0.25) is 19.7 Å². The van der Waals surface area contributed by atoms with E-state index >= 15 is 0 Å². The zero-order valence-electron chi connectivity index (χ0n) is 19.8. The number of hydrogen-bond donors (Lipinski definition) is 0. The molecule has 0 saturated heterocycles. The number of nitro groups is 1. The van der Waals surface area contributed by atoms with Gasteiger partial charge >= 0.3 is 0 Å². The van der Waals surface area contributed by atoms with Gasteiger partial charge in [0.1, 0.15) is 0 Å². The molecule has 0 radical (unpaired) electrons. The first kappa shape index (κ1) is 22.1. The highest BCUT2D eigenvalue weighted by Crippen LogP contribution is 2.37. The Morgan fingerprint density at radius 1 is 1.03 bits per heavy atom. The SMILES string of the molecule is CC(C)CN1CN(C)Cc2c1nn(Cc1cccc3ccccc13)c2-c1ccc([N+](=O)[O-])cc1. The average molecular weight is 456 g/mol. The van der Waals surface area contributed by atoms with E-state index < -0.39 is 0 Å². The van der Waals surface area contributed by atoms with E-state index in [0.29, 0.717) is 12.5 Å². The van der Waals surface area contributed by atoms with E-state index in [-0.39, 0.29) is 10.6 Å². The minimum Gasteiger partial charge on any atom is -0.342 e. The number of anilines is 1. The molecule has 0 spiro atoms.